The highest BCUT2D eigenvalue weighted by atomic mass is 16.5. The van der Waals surface area contributed by atoms with Crippen LogP contribution in [0.5, 0.6) is 5.75 Å². The molecule has 0 saturated heterocycles. The van der Waals surface area contributed by atoms with Gasteiger partial charge in [0.25, 0.3) is 5.91 Å². The van der Waals surface area contributed by atoms with Crippen molar-refractivity contribution in [2.45, 2.75) is 20.5 Å². The summed E-state index contributed by atoms with van der Waals surface area (Å²) in [6.07, 6.45) is 1.52. The molecule has 1 aromatic heterocycles. The van der Waals surface area contributed by atoms with Gasteiger partial charge < -0.3 is 14.6 Å². The second-order valence-corrected chi connectivity index (χ2v) is 4.91. The van der Waals surface area contributed by atoms with Crippen molar-refractivity contribution < 1.29 is 14.1 Å². The summed E-state index contributed by atoms with van der Waals surface area (Å²) in [5, 5.41) is 15.3. The summed E-state index contributed by atoms with van der Waals surface area (Å²) in [6.45, 7) is 4.08. The largest absolute Gasteiger partial charge is 0.489 e. The maximum absolute atomic E-state index is 11.5. The number of aromatic nitrogens is 1. The van der Waals surface area contributed by atoms with E-state index in [0.29, 0.717) is 12.4 Å². The number of nitriles is 1. The minimum atomic E-state index is -0.411. The molecule has 0 fully saturated rings. The summed E-state index contributed by atoms with van der Waals surface area (Å²) in [6, 6.07) is 9.00. The molecule has 0 unspecified atom stereocenters. The molecule has 0 aliphatic rings. The number of likely N-dealkylation sites (N-methyl/N-ethyl adjacent to an activating group) is 1. The van der Waals surface area contributed by atoms with Crippen molar-refractivity contribution in [1.82, 2.24) is 10.5 Å². The molecule has 0 aliphatic carbocycles. The Kier molecular flexibility index (Phi) is 5.15. The Bertz CT molecular complexity index is 748. The molecule has 1 N–H and O–H groups in total. The van der Waals surface area contributed by atoms with Crippen LogP contribution in [0.4, 0.5) is 0 Å². The number of benzene rings is 1. The Labute approximate surface area is 134 Å². The zero-order valence-electron chi connectivity index (χ0n) is 13.2. The zero-order valence-corrected chi connectivity index (χ0v) is 13.2. The van der Waals surface area contributed by atoms with Crippen LogP contribution in [0.25, 0.3) is 6.08 Å². The van der Waals surface area contributed by atoms with E-state index in [0.717, 1.165) is 22.6 Å². The Morgan fingerprint density at radius 1 is 1.39 bits per heavy atom. The fourth-order valence-electron chi connectivity index (χ4n) is 1.97. The van der Waals surface area contributed by atoms with Gasteiger partial charge in [0.2, 0.25) is 0 Å². The minimum absolute atomic E-state index is 0.0527. The summed E-state index contributed by atoms with van der Waals surface area (Å²) in [7, 11) is 1.49. The van der Waals surface area contributed by atoms with Gasteiger partial charge in [-0.3, -0.25) is 4.79 Å². The number of rotatable bonds is 5. The van der Waals surface area contributed by atoms with Crippen molar-refractivity contribution >= 4 is 12.0 Å². The SMILES string of the molecule is CNC(=O)/C(C#N)=C/c1ccc(OCc2c(C)noc2C)cc1. The molecule has 1 heterocycles. The minimum Gasteiger partial charge on any atom is -0.489 e. The molecule has 0 saturated carbocycles. The first-order valence-corrected chi connectivity index (χ1v) is 7.03. The highest BCUT2D eigenvalue weighted by Crippen LogP contribution is 2.18. The van der Waals surface area contributed by atoms with E-state index in [9.17, 15) is 4.79 Å². The summed E-state index contributed by atoms with van der Waals surface area (Å²) in [5.41, 5.74) is 2.54. The number of amides is 1. The standard InChI is InChI=1S/C17H17N3O3/c1-11-16(12(2)23-20-11)10-22-15-6-4-13(5-7-15)8-14(9-18)17(21)19-3/h4-8H,10H2,1-3H3,(H,19,21)/b14-8+. The first-order chi connectivity index (χ1) is 11.0. The molecule has 118 valence electrons. The van der Waals surface area contributed by atoms with Crippen LogP contribution in [0.1, 0.15) is 22.6 Å². The van der Waals surface area contributed by atoms with Gasteiger partial charge in [-0.1, -0.05) is 17.3 Å². The van der Waals surface area contributed by atoms with Gasteiger partial charge in [-0.05, 0) is 37.6 Å². The Morgan fingerprint density at radius 3 is 2.61 bits per heavy atom. The molecule has 0 bridgehead atoms. The van der Waals surface area contributed by atoms with E-state index < -0.39 is 5.91 Å². The van der Waals surface area contributed by atoms with Crippen LogP contribution in [-0.4, -0.2) is 18.1 Å². The van der Waals surface area contributed by atoms with Crippen LogP contribution in [-0.2, 0) is 11.4 Å². The van der Waals surface area contributed by atoms with Gasteiger partial charge in [0.15, 0.2) is 0 Å². The van der Waals surface area contributed by atoms with Gasteiger partial charge in [0.1, 0.15) is 29.8 Å². The summed E-state index contributed by atoms with van der Waals surface area (Å²) >= 11 is 0. The van der Waals surface area contributed by atoms with Crippen molar-refractivity contribution in [3.8, 4) is 11.8 Å². The third-order valence-electron chi connectivity index (χ3n) is 3.35. The molecule has 0 spiro atoms. The number of carbonyl (C=O) groups is 1. The third-order valence-corrected chi connectivity index (χ3v) is 3.35. The second-order valence-electron chi connectivity index (χ2n) is 4.91. The van der Waals surface area contributed by atoms with Gasteiger partial charge in [-0.15, -0.1) is 0 Å². The van der Waals surface area contributed by atoms with E-state index in [4.69, 9.17) is 14.5 Å². The second kappa shape index (κ2) is 7.27. The average molecular weight is 311 g/mol. The van der Waals surface area contributed by atoms with E-state index in [1.54, 1.807) is 24.3 Å². The van der Waals surface area contributed by atoms with Gasteiger partial charge in [-0.25, -0.2) is 0 Å². The molecule has 0 aliphatic heterocycles. The average Bonchev–Trinajstić information content (AvgIpc) is 2.89. The predicted octanol–water partition coefficient (Wildman–Crippen LogP) is 2.52. The molecule has 2 rings (SSSR count). The molecule has 2 aromatic rings. The number of aryl methyl sites for hydroxylation is 2. The number of hydrogen-bond acceptors (Lipinski definition) is 5. The van der Waals surface area contributed by atoms with Gasteiger partial charge in [0.05, 0.1) is 11.3 Å². The molecular weight excluding hydrogens is 294 g/mol. The molecule has 6 heteroatoms. The maximum Gasteiger partial charge on any atom is 0.261 e. The summed E-state index contributed by atoms with van der Waals surface area (Å²) < 4.78 is 10.8. The normalized spacial score (nSPS) is 11.0. The zero-order chi connectivity index (χ0) is 16.8. The first-order valence-electron chi connectivity index (χ1n) is 7.03. The van der Waals surface area contributed by atoms with E-state index in [2.05, 4.69) is 10.5 Å². The van der Waals surface area contributed by atoms with Crippen molar-refractivity contribution in [2.24, 2.45) is 0 Å². The van der Waals surface area contributed by atoms with Crippen LogP contribution in [0, 0.1) is 25.2 Å². The number of hydrogen-bond donors (Lipinski definition) is 1. The monoisotopic (exact) mass is 311 g/mol. The van der Waals surface area contributed by atoms with E-state index in [1.165, 1.54) is 13.1 Å². The quantitative estimate of drug-likeness (QED) is 0.677. The predicted molar refractivity (Wildman–Crippen MR) is 84.4 cm³/mol. The van der Waals surface area contributed by atoms with Crippen LogP contribution in [0.15, 0.2) is 34.4 Å². The molecule has 23 heavy (non-hydrogen) atoms. The molecule has 6 nitrogen and oxygen atoms in total. The topological polar surface area (TPSA) is 88.2 Å². The smallest absolute Gasteiger partial charge is 0.261 e. The first kappa shape index (κ1) is 16.3. The Hall–Kier alpha value is -3.07. The molecular formula is C17H17N3O3. The fourth-order valence-corrected chi connectivity index (χ4v) is 1.97. The number of carbonyl (C=O) groups excluding carboxylic acids is 1. The molecule has 0 radical (unpaired) electrons. The van der Waals surface area contributed by atoms with Gasteiger partial charge in [0, 0.05) is 7.05 Å². The lowest BCUT2D eigenvalue weighted by Gasteiger charge is -2.06. The highest BCUT2D eigenvalue weighted by Gasteiger charge is 2.09. The van der Waals surface area contributed by atoms with Crippen molar-refractivity contribution in [3.05, 3.63) is 52.4 Å². The van der Waals surface area contributed by atoms with Gasteiger partial charge in [-0.2, -0.15) is 5.26 Å². The maximum atomic E-state index is 11.5. The van der Waals surface area contributed by atoms with Crippen molar-refractivity contribution in [1.29, 1.82) is 5.26 Å². The summed E-state index contributed by atoms with van der Waals surface area (Å²) in [4.78, 5) is 11.5. The van der Waals surface area contributed by atoms with E-state index >= 15 is 0 Å². The lowest BCUT2D eigenvalue weighted by molar-refractivity contribution is -0.116. The number of nitrogens with one attached hydrogen (secondary N) is 1. The van der Waals surface area contributed by atoms with Crippen LogP contribution in [0.2, 0.25) is 0 Å². The van der Waals surface area contributed by atoms with E-state index in [-0.39, 0.29) is 5.57 Å². The summed E-state index contributed by atoms with van der Waals surface area (Å²) in [5.74, 6) is 1.01. The Morgan fingerprint density at radius 2 is 2.09 bits per heavy atom. The lowest BCUT2D eigenvalue weighted by atomic mass is 10.1. The van der Waals surface area contributed by atoms with Gasteiger partial charge >= 0.3 is 0 Å². The van der Waals surface area contributed by atoms with Crippen LogP contribution < -0.4 is 10.1 Å². The molecule has 0 atom stereocenters. The molecule has 1 aromatic carbocycles. The van der Waals surface area contributed by atoms with E-state index in [1.807, 2.05) is 19.9 Å². The number of ether oxygens (including phenoxy) is 1. The number of nitrogens with zero attached hydrogens (tertiary/aromatic N) is 2. The highest BCUT2D eigenvalue weighted by molar-refractivity contribution is 6.01. The van der Waals surface area contributed by atoms with Crippen LogP contribution in [0.3, 0.4) is 0 Å². The lowest BCUT2D eigenvalue weighted by Crippen LogP contribution is -2.19. The third kappa shape index (κ3) is 3.98. The Balaban J connectivity index is 2.07. The molecule has 1 amide bonds. The van der Waals surface area contributed by atoms with Crippen molar-refractivity contribution in [3.63, 3.8) is 0 Å². The van der Waals surface area contributed by atoms with Crippen LogP contribution >= 0.6 is 0 Å². The van der Waals surface area contributed by atoms with Crippen molar-refractivity contribution in [2.75, 3.05) is 7.05 Å². The fraction of sp³-hybridized carbons (Fsp3) is 0.235.